The van der Waals surface area contributed by atoms with Crippen molar-refractivity contribution in [1.29, 1.82) is 0 Å². The number of thiazole rings is 1. The highest BCUT2D eigenvalue weighted by atomic mass is 35.5. The van der Waals surface area contributed by atoms with E-state index in [2.05, 4.69) is 15.4 Å². The van der Waals surface area contributed by atoms with E-state index in [9.17, 15) is 14.9 Å². The summed E-state index contributed by atoms with van der Waals surface area (Å²) < 4.78 is 1.55. The summed E-state index contributed by atoms with van der Waals surface area (Å²) in [4.78, 5) is 27.4. The van der Waals surface area contributed by atoms with E-state index in [0.29, 0.717) is 38.7 Å². The maximum Gasteiger partial charge on any atom is 0.390 e. The Morgan fingerprint density at radius 1 is 1.16 bits per heavy atom. The number of rotatable bonds is 6. The molecule has 11 heteroatoms. The maximum absolute atomic E-state index is 12.6. The van der Waals surface area contributed by atoms with Gasteiger partial charge in [0.2, 0.25) is 0 Å². The van der Waals surface area contributed by atoms with E-state index in [1.807, 2.05) is 11.4 Å². The molecule has 4 rings (SSSR count). The smallest absolute Gasteiger partial charge is 0.358 e. The van der Waals surface area contributed by atoms with E-state index in [1.165, 1.54) is 17.4 Å². The van der Waals surface area contributed by atoms with Gasteiger partial charge < -0.3 is 10.1 Å². The second kappa shape index (κ2) is 9.07. The van der Waals surface area contributed by atoms with Crippen molar-refractivity contribution in [2.45, 2.75) is 13.5 Å². The minimum atomic E-state index is -0.525. The zero-order valence-corrected chi connectivity index (χ0v) is 18.9. The topological polar surface area (TPSA) is 103 Å². The SMILES string of the molecule is Cc1cc([N+](=O)[O-])nn1Cc1ccc(C(=O)Nc2nc(-c3ccc(Cl)c(Cl)c3)cs2)cc1. The van der Waals surface area contributed by atoms with E-state index >= 15 is 0 Å². The number of carbonyl (C=O) groups excluding carboxylic acids is 1. The molecule has 1 N–H and O–H groups in total. The van der Waals surface area contributed by atoms with Crippen molar-refractivity contribution in [2.24, 2.45) is 0 Å². The summed E-state index contributed by atoms with van der Waals surface area (Å²) in [7, 11) is 0. The van der Waals surface area contributed by atoms with Crippen molar-refractivity contribution in [3.05, 3.63) is 90.9 Å². The lowest BCUT2D eigenvalue weighted by molar-refractivity contribution is -0.389. The van der Waals surface area contributed by atoms with Gasteiger partial charge in [-0.2, -0.15) is 4.68 Å². The molecule has 1 amide bonds. The number of hydrogen-bond acceptors (Lipinski definition) is 6. The van der Waals surface area contributed by atoms with Crippen LogP contribution in [0.4, 0.5) is 10.9 Å². The van der Waals surface area contributed by atoms with Crippen LogP contribution >= 0.6 is 34.5 Å². The highest BCUT2D eigenvalue weighted by molar-refractivity contribution is 7.14. The van der Waals surface area contributed by atoms with Crippen molar-refractivity contribution in [3.63, 3.8) is 0 Å². The first kappa shape index (κ1) is 21.9. The van der Waals surface area contributed by atoms with Crippen LogP contribution in [0.5, 0.6) is 0 Å². The van der Waals surface area contributed by atoms with Crippen LogP contribution in [0.3, 0.4) is 0 Å². The van der Waals surface area contributed by atoms with E-state index in [0.717, 1.165) is 11.1 Å². The lowest BCUT2D eigenvalue weighted by atomic mass is 10.1. The number of nitrogens with zero attached hydrogens (tertiary/aromatic N) is 4. The Bertz CT molecular complexity index is 1320. The van der Waals surface area contributed by atoms with Gasteiger partial charge in [0.1, 0.15) is 0 Å². The molecular formula is C21H15Cl2N5O3S. The maximum atomic E-state index is 12.6. The predicted molar refractivity (Wildman–Crippen MR) is 125 cm³/mol. The Morgan fingerprint density at radius 3 is 2.56 bits per heavy atom. The molecular weight excluding hydrogens is 473 g/mol. The number of amides is 1. The molecule has 2 aromatic carbocycles. The van der Waals surface area contributed by atoms with Crippen LogP contribution < -0.4 is 5.32 Å². The predicted octanol–water partition coefficient (Wildman–Crippen LogP) is 5.83. The molecule has 0 aliphatic rings. The second-order valence-corrected chi connectivity index (χ2v) is 8.55. The van der Waals surface area contributed by atoms with Gasteiger partial charge in [-0.1, -0.05) is 41.4 Å². The largest absolute Gasteiger partial charge is 0.390 e. The average molecular weight is 488 g/mol. The summed E-state index contributed by atoms with van der Waals surface area (Å²) in [6.07, 6.45) is 0. The van der Waals surface area contributed by atoms with E-state index < -0.39 is 4.92 Å². The Kier molecular flexibility index (Phi) is 6.22. The number of benzene rings is 2. The molecule has 4 aromatic rings. The zero-order valence-electron chi connectivity index (χ0n) is 16.6. The molecule has 0 radical (unpaired) electrons. The monoisotopic (exact) mass is 487 g/mol. The third-order valence-corrected chi connectivity index (χ3v) is 6.14. The summed E-state index contributed by atoms with van der Waals surface area (Å²) in [6.45, 7) is 2.11. The third-order valence-electron chi connectivity index (χ3n) is 4.64. The fraction of sp³-hybridized carbons (Fsp3) is 0.0952. The number of aryl methyl sites for hydroxylation is 1. The number of anilines is 1. The van der Waals surface area contributed by atoms with E-state index in [-0.39, 0.29) is 11.7 Å². The minimum absolute atomic E-state index is 0.192. The first-order chi connectivity index (χ1) is 15.3. The van der Waals surface area contributed by atoms with Gasteiger partial charge in [-0.25, -0.2) is 4.98 Å². The van der Waals surface area contributed by atoms with Crippen LogP contribution in [0.25, 0.3) is 11.3 Å². The molecule has 2 heterocycles. The van der Waals surface area contributed by atoms with Crippen molar-refractivity contribution in [3.8, 4) is 11.3 Å². The highest BCUT2D eigenvalue weighted by Crippen LogP contribution is 2.30. The second-order valence-electron chi connectivity index (χ2n) is 6.88. The summed E-state index contributed by atoms with van der Waals surface area (Å²) in [5, 5.41) is 20.8. The van der Waals surface area contributed by atoms with Gasteiger partial charge in [0.05, 0.1) is 39.1 Å². The molecule has 0 aliphatic heterocycles. The minimum Gasteiger partial charge on any atom is -0.358 e. The highest BCUT2D eigenvalue weighted by Gasteiger charge is 2.16. The molecule has 0 spiro atoms. The molecule has 0 aliphatic carbocycles. The number of aromatic nitrogens is 3. The lowest BCUT2D eigenvalue weighted by Crippen LogP contribution is -2.12. The van der Waals surface area contributed by atoms with Crippen LogP contribution in [0.1, 0.15) is 21.6 Å². The first-order valence-corrected chi connectivity index (χ1v) is 10.9. The standard InChI is InChI=1S/C21H15Cl2N5O3S/c1-12-8-19(28(30)31)26-27(12)10-13-2-4-14(5-3-13)20(29)25-21-24-18(11-32-21)15-6-7-16(22)17(23)9-15/h2-9,11H,10H2,1H3,(H,24,25,29). The molecule has 32 heavy (non-hydrogen) atoms. The molecule has 8 nitrogen and oxygen atoms in total. The molecule has 0 saturated carbocycles. The third kappa shape index (κ3) is 4.80. The average Bonchev–Trinajstić information content (AvgIpc) is 3.37. The number of nitrogens with one attached hydrogen (secondary N) is 1. The van der Waals surface area contributed by atoms with Gasteiger partial charge in [0.25, 0.3) is 5.91 Å². The van der Waals surface area contributed by atoms with Gasteiger partial charge in [-0.3, -0.25) is 10.1 Å². The summed E-state index contributed by atoms with van der Waals surface area (Å²) in [5.74, 6) is -0.486. The Balaban J connectivity index is 1.43. The van der Waals surface area contributed by atoms with Crippen LogP contribution in [-0.2, 0) is 6.54 Å². The normalized spacial score (nSPS) is 10.8. The quantitative estimate of drug-likeness (QED) is 0.272. The van der Waals surface area contributed by atoms with Crippen LogP contribution in [0, 0.1) is 17.0 Å². The van der Waals surface area contributed by atoms with Gasteiger partial charge in [-0.15, -0.1) is 11.3 Å². The van der Waals surface area contributed by atoms with Gasteiger partial charge in [0.15, 0.2) is 5.13 Å². The van der Waals surface area contributed by atoms with Gasteiger partial charge in [-0.05, 0) is 41.7 Å². The van der Waals surface area contributed by atoms with Crippen LogP contribution in [0.2, 0.25) is 10.0 Å². The van der Waals surface area contributed by atoms with Crippen LogP contribution in [0.15, 0.2) is 53.9 Å². The summed E-state index contributed by atoms with van der Waals surface area (Å²) in [5.41, 5.74) is 3.49. The fourth-order valence-corrected chi connectivity index (χ4v) is 3.98. The molecule has 0 unspecified atom stereocenters. The summed E-state index contributed by atoms with van der Waals surface area (Å²) in [6, 6.07) is 13.6. The van der Waals surface area contributed by atoms with Crippen molar-refractivity contribution in [1.82, 2.24) is 14.8 Å². The molecule has 0 bridgehead atoms. The molecule has 0 saturated heterocycles. The Morgan fingerprint density at radius 2 is 1.91 bits per heavy atom. The van der Waals surface area contributed by atoms with Gasteiger partial charge in [0, 0.05) is 16.5 Å². The van der Waals surface area contributed by atoms with Crippen molar-refractivity contribution < 1.29 is 9.72 Å². The molecule has 0 atom stereocenters. The number of halogens is 2. The lowest BCUT2D eigenvalue weighted by Gasteiger charge is -2.04. The molecule has 162 valence electrons. The summed E-state index contributed by atoms with van der Waals surface area (Å²) >= 11 is 13.3. The number of hydrogen-bond donors (Lipinski definition) is 1. The molecule has 0 fully saturated rings. The van der Waals surface area contributed by atoms with Gasteiger partial charge >= 0.3 is 5.82 Å². The van der Waals surface area contributed by atoms with E-state index in [1.54, 1.807) is 48.0 Å². The van der Waals surface area contributed by atoms with Crippen molar-refractivity contribution in [2.75, 3.05) is 5.32 Å². The van der Waals surface area contributed by atoms with E-state index in [4.69, 9.17) is 23.2 Å². The Hall–Kier alpha value is -3.27. The molecule has 2 aromatic heterocycles. The Labute approximate surface area is 196 Å². The zero-order chi connectivity index (χ0) is 22.8. The number of carbonyl (C=O) groups is 1. The number of nitro groups is 1. The fourth-order valence-electron chi connectivity index (χ4n) is 2.96. The van der Waals surface area contributed by atoms with Crippen molar-refractivity contribution >= 4 is 51.4 Å². The first-order valence-electron chi connectivity index (χ1n) is 9.30. The van der Waals surface area contributed by atoms with Crippen LogP contribution in [-0.4, -0.2) is 25.6 Å².